The zero-order valence-electron chi connectivity index (χ0n) is 9.48. The molecule has 0 saturated carbocycles. The van der Waals surface area contributed by atoms with E-state index < -0.39 is 0 Å². The van der Waals surface area contributed by atoms with E-state index in [1.807, 2.05) is 6.92 Å². The molecule has 1 atom stereocenters. The number of β-amino-alcohol motifs (C(OH)–C–C–N with tert-alkyl or cyclic N) is 1. The Labute approximate surface area is 90.6 Å². The number of ether oxygens (including phenoxy) is 1. The van der Waals surface area contributed by atoms with E-state index in [2.05, 4.69) is 4.90 Å². The van der Waals surface area contributed by atoms with Crippen molar-refractivity contribution >= 4 is 6.09 Å². The normalized spacial score (nSPS) is 20.1. The highest BCUT2D eigenvalue weighted by Crippen LogP contribution is 2.04. The van der Waals surface area contributed by atoms with Crippen molar-refractivity contribution in [3.8, 4) is 0 Å². The molecule has 1 rings (SSSR count). The van der Waals surface area contributed by atoms with Crippen molar-refractivity contribution in [2.24, 2.45) is 0 Å². The predicted octanol–water partition coefficient (Wildman–Crippen LogP) is 0.141. The number of carbonyl (C=O) groups is 1. The van der Waals surface area contributed by atoms with Crippen LogP contribution in [0, 0.1) is 0 Å². The highest BCUT2D eigenvalue weighted by atomic mass is 16.6. The van der Waals surface area contributed by atoms with Gasteiger partial charge in [0.2, 0.25) is 0 Å². The van der Waals surface area contributed by atoms with E-state index in [0.29, 0.717) is 26.2 Å². The molecular weight excluding hydrogens is 196 g/mol. The minimum atomic E-state index is -0.306. The highest BCUT2D eigenvalue weighted by Gasteiger charge is 2.22. The summed E-state index contributed by atoms with van der Waals surface area (Å²) in [4.78, 5) is 15.2. The molecule has 0 aromatic rings. The first-order chi connectivity index (χ1) is 7.13. The molecule has 0 spiro atoms. The van der Waals surface area contributed by atoms with Gasteiger partial charge in [0.15, 0.2) is 0 Å². The van der Waals surface area contributed by atoms with E-state index in [9.17, 15) is 9.90 Å². The van der Waals surface area contributed by atoms with E-state index in [1.165, 1.54) is 0 Å². The van der Waals surface area contributed by atoms with E-state index in [4.69, 9.17) is 4.74 Å². The Balaban J connectivity index is 2.26. The van der Waals surface area contributed by atoms with Crippen molar-refractivity contribution in [1.82, 2.24) is 9.80 Å². The molecule has 0 aromatic heterocycles. The van der Waals surface area contributed by atoms with Crippen molar-refractivity contribution in [1.29, 1.82) is 0 Å². The maximum atomic E-state index is 11.4. The molecule has 0 aromatic carbocycles. The molecule has 5 heteroatoms. The van der Waals surface area contributed by atoms with Crippen LogP contribution in [-0.4, -0.2) is 66.4 Å². The summed E-state index contributed by atoms with van der Waals surface area (Å²) in [5.74, 6) is 0. The van der Waals surface area contributed by atoms with Gasteiger partial charge in [-0.2, -0.15) is 0 Å². The molecule has 15 heavy (non-hydrogen) atoms. The van der Waals surface area contributed by atoms with Gasteiger partial charge in [0, 0.05) is 32.7 Å². The largest absolute Gasteiger partial charge is 0.450 e. The fourth-order valence-corrected chi connectivity index (χ4v) is 1.70. The first-order valence-corrected chi connectivity index (χ1v) is 5.45. The number of hydrogen-bond donors (Lipinski definition) is 1. The molecule has 1 aliphatic rings. The molecule has 1 fully saturated rings. The summed E-state index contributed by atoms with van der Waals surface area (Å²) in [5, 5.41) is 9.22. The second-order valence-corrected chi connectivity index (χ2v) is 3.84. The van der Waals surface area contributed by atoms with Crippen LogP contribution in [0.25, 0.3) is 0 Å². The van der Waals surface area contributed by atoms with Gasteiger partial charge in [-0.1, -0.05) is 0 Å². The number of rotatable bonds is 3. The second kappa shape index (κ2) is 5.92. The monoisotopic (exact) mass is 216 g/mol. The quantitative estimate of drug-likeness (QED) is 0.729. The number of aliphatic hydroxyl groups is 1. The van der Waals surface area contributed by atoms with Crippen LogP contribution >= 0.6 is 0 Å². The predicted molar refractivity (Wildman–Crippen MR) is 56.7 cm³/mol. The second-order valence-electron chi connectivity index (χ2n) is 3.84. The molecule has 1 heterocycles. The first-order valence-electron chi connectivity index (χ1n) is 5.45. The van der Waals surface area contributed by atoms with Crippen LogP contribution < -0.4 is 0 Å². The van der Waals surface area contributed by atoms with Crippen LogP contribution in [0.1, 0.15) is 13.8 Å². The lowest BCUT2D eigenvalue weighted by Crippen LogP contribution is -2.50. The Morgan fingerprint density at radius 1 is 1.40 bits per heavy atom. The number of aliphatic hydroxyl groups excluding tert-OH is 1. The summed E-state index contributed by atoms with van der Waals surface area (Å²) in [6.07, 6.45) is -0.534. The smallest absolute Gasteiger partial charge is 0.409 e. The molecule has 1 saturated heterocycles. The molecule has 0 aliphatic carbocycles. The lowest BCUT2D eigenvalue weighted by atomic mass is 10.3. The third-order valence-corrected chi connectivity index (χ3v) is 2.42. The fourth-order valence-electron chi connectivity index (χ4n) is 1.70. The maximum absolute atomic E-state index is 11.4. The summed E-state index contributed by atoms with van der Waals surface area (Å²) in [6, 6.07) is 0. The van der Waals surface area contributed by atoms with E-state index in [0.717, 1.165) is 13.1 Å². The van der Waals surface area contributed by atoms with Crippen molar-refractivity contribution in [2.75, 3.05) is 39.3 Å². The number of hydrogen-bond acceptors (Lipinski definition) is 4. The summed E-state index contributed by atoms with van der Waals surface area (Å²) in [5.41, 5.74) is 0. The summed E-state index contributed by atoms with van der Waals surface area (Å²) in [6.45, 7) is 7.67. The standard InChI is InChI=1S/C10H20N2O3/c1-3-15-10(14)12-6-4-11(5-7-12)8-9(2)13/h9,13H,3-8H2,1-2H3/t9-/m1/s1. The topological polar surface area (TPSA) is 53.0 Å². The molecule has 5 nitrogen and oxygen atoms in total. The Morgan fingerprint density at radius 2 is 2.00 bits per heavy atom. The van der Waals surface area contributed by atoms with Gasteiger partial charge in [0.25, 0.3) is 0 Å². The number of piperazine rings is 1. The minimum absolute atomic E-state index is 0.228. The van der Waals surface area contributed by atoms with Crippen LogP contribution in [0.5, 0.6) is 0 Å². The SMILES string of the molecule is CCOC(=O)N1CCN(C[C@@H](C)O)CC1. The highest BCUT2D eigenvalue weighted by molar-refractivity contribution is 5.67. The van der Waals surface area contributed by atoms with E-state index in [1.54, 1.807) is 11.8 Å². The van der Waals surface area contributed by atoms with Gasteiger partial charge >= 0.3 is 6.09 Å². The third-order valence-electron chi connectivity index (χ3n) is 2.42. The molecule has 1 amide bonds. The van der Waals surface area contributed by atoms with Crippen LogP contribution in [0.2, 0.25) is 0 Å². The van der Waals surface area contributed by atoms with Gasteiger partial charge in [-0.05, 0) is 13.8 Å². The van der Waals surface area contributed by atoms with Gasteiger partial charge in [-0.3, -0.25) is 4.90 Å². The average Bonchev–Trinajstić information content (AvgIpc) is 2.18. The zero-order valence-corrected chi connectivity index (χ0v) is 9.48. The van der Waals surface area contributed by atoms with Gasteiger partial charge in [0.05, 0.1) is 12.7 Å². The van der Waals surface area contributed by atoms with Gasteiger partial charge in [0.1, 0.15) is 0 Å². The Hall–Kier alpha value is -0.810. The van der Waals surface area contributed by atoms with Crippen LogP contribution in [0.3, 0.4) is 0 Å². The fraction of sp³-hybridized carbons (Fsp3) is 0.900. The van der Waals surface area contributed by atoms with E-state index in [-0.39, 0.29) is 12.2 Å². The zero-order chi connectivity index (χ0) is 11.3. The molecule has 0 radical (unpaired) electrons. The van der Waals surface area contributed by atoms with Crippen LogP contribution in [-0.2, 0) is 4.74 Å². The van der Waals surface area contributed by atoms with Gasteiger partial charge in [-0.25, -0.2) is 4.79 Å². The van der Waals surface area contributed by atoms with Crippen LogP contribution in [0.15, 0.2) is 0 Å². The summed E-state index contributed by atoms with van der Waals surface area (Å²) < 4.78 is 4.92. The van der Waals surface area contributed by atoms with E-state index >= 15 is 0 Å². The van der Waals surface area contributed by atoms with Gasteiger partial charge < -0.3 is 14.7 Å². The van der Waals surface area contributed by atoms with Crippen molar-refractivity contribution in [2.45, 2.75) is 20.0 Å². The Kier molecular flexibility index (Phi) is 4.84. The number of carbonyl (C=O) groups excluding carboxylic acids is 1. The lowest BCUT2D eigenvalue weighted by Gasteiger charge is -2.34. The van der Waals surface area contributed by atoms with Crippen LogP contribution in [0.4, 0.5) is 4.79 Å². The van der Waals surface area contributed by atoms with Crippen molar-refractivity contribution in [3.63, 3.8) is 0 Å². The first kappa shape index (κ1) is 12.3. The summed E-state index contributed by atoms with van der Waals surface area (Å²) >= 11 is 0. The van der Waals surface area contributed by atoms with Crippen molar-refractivity contribution in [3.05, 3.63) is 0 Å². The summed E-state index contributed by atoms with van der Waals surface area (Å²) in [7, 11) is 0. The molecule has 88 valence electrons. The number of amides is 1. The molecule has 0 bridgehead atoms. The Morgan fingerprint density at radius 3 is 2.47 bits per heavy atom. The molecule has 1 N–H and O–H groups in total. The van der Waals surface area contributed by atoms with Crippen molar-refractivity contribution < 1.29 is 14.6 Å². The maximum Gasteiger partial charge on any atom is 0.409 e. The minimum Gasteiger partial charge on any atom is -0.450 e. The molecule has 1 aliphatic heterocycles. The lowest BCUT2D eigenvalue weighted by molar-refractivity contribution is 0.0623. The average molecular weight is 216 g/mol. The Bertz CT molecular complexity index is 201. The molecular formula is C10H20N2O3. The van der Waals surface area contributed by atoms with Gasteiger partial charge in [-0.15, -0.1) is 0 Å². The molecule has 0 unspecified atom stereocenters. The number of nitrogens with zero attached hydrogens (tertiary/aromatic N) is 2. The third kappa shape index (κ3) is 4.05.